The molecule has 17 heavy (non-hydrogen) atoms. The Labute approximate surface area is 103 Å². The average molecular weight is 253 g/mol. The van der Waals surface area contributed by atoms with Crippen molar-refractivity contribution >= 4 is 11.3 Å². The van der Waals surface area contributed by atoms with Crippen LogP contribution < -0.4 is 0 Å². The molecule has 1 nitrogen and oxygen atoms in total. The van der Waals surface area contributed by atoms with Gasteiger partial charge in [0.05, 0.1) is 11.3 Å². The third kappa shape index (κ3) is 2.22. The number of hydrogen-bond donors (Lipinski definition) is 0. The van der Waals surface area contributed by atoms with E-state index < -0.39 is 11.6 Å². The summed E-state index contributed by atoms with van der Waals surface area (Å²) < 4.78 is 27.2. The first-order chi connectivity index (χ1) is 8.00. The van der Waals surface area contributed by atoms with E-state index in [2.05, 4.69) is 4.98 Å². The Kier molecular flexibility index (Phi) is 3.24. The Morgan fingerprint density at radius 1 is 1.18 bits per heavy atom. The van der Waals surface area contributed by atoms with Crippen molar-refractivity contribution in [3.8, 4) is 10.6 Å². The van der Waals surface area contributed by atoms with Crippen LogP contribution in [0.2, 0.25) is 0 Å². The molecule has 0 fully saturated rings. The second-order valence-electron chi connectivity index (χ2n) is 4.21. The van der Waals surface area contributed by atoms with Gasteiger partial charge in [0.2, 0.25) is 0 Å². The Balaban J connectivity index is 2.58. The third-order valence-electron chi connectivity index (χ3n) is 2.56. The summed E-state index contributed by atoms with van der Waals surface area (Å²) in [7, 11) is 0. The standard InChI is InChI=1S/C13H13F2NS/c1-7(2)12-8(3)17-13(16-12)11-9(14)5-4-6-10(11)15/h4-7H,1-3H3. The van der Waals surface area contributed by atoms with Gasteiger partial charge in [0.15, 0.2) is 0 Å². The zero-order valence-electron chi connectivity index (χ0n) is 9.92. The van der Waals surface area contributed by atoms with Crippen LogP contribution in [0.25, 0.3) is 10.6 Å². The first kappa shape index (κ1) is 12.2. The molecule has 0 saturated carbocycles. The minimum atomic E-state index is -0.561. The van der Waals surface area contributed by atoms with Crippen molar-refractivity contribution in [2.75, 3.05) is 0 Å². The summed E-state index contributed by atoms with van der Waals surface area (Å²) in [5.41, 5.74) is 0.889. The molecule has 1 heterocycles. The highest BCUT2D eigenvalue weighted by molar-refractivity contribution is 7.15. The molecule has 0 aliphatic heterocycles. The summed E-state index contributed by atoms with van der Waals surface area (Å²) in [6, 6.07) is 3.87. The lowest BCUT2D eigenvalue weighted by Gasteiger charge is -2.01. The predicted octanol–water partition coefficient (Wildman–Crippen LogP) is 4.52. The predicted molar refractivity (Wildman–Crippen MR) is 66.3 cm³/mol. The topological polar surface area (TPSA) is 12.9 Å². The normalized spacial score (nSPS) is 11.2. The van der Waals surface area contributed by atoms with Crippen LogP contribution in [0, 0.1) is 18.6 Å². The first-order valence-electron chi connectivity index (χ1n) is 5.42. The summed E-state index contributed by atoms with van der Waals surface area (Å²) in [5, 5.41) is 0.418. The average Bonchev–Trinajstić information content (AvgIpc) is 2.60. The summed E-state index contributed by atoms with van der Waals surface area (Å²) in [6.45, 7) is 5.96. The van der Waals surface area contributed by atoms with Gasteiger partial charge >= 0.3 is 0 Å². The van der Waals surface area contributed by atoms with Crippen molar-refractivity contribution in [3.63, 3.8) is 0 Å². The molecule has 0 aliphatic carbocycles. The maximum Gasteiger partial charge on any atom is 0.136 e. The third-order valence-corrected chi connectivity index (χ3v) is 3.56. The molecule has 0 spiro atoms. The maximum absolute atomic E-state index is 13.6. The molecule has 1 aromatic carbocycles. The molecule has 0 aliphatic rings. The largest absolute Gasteiger partial charge is 0.240 e. The lowest BCUT2D eigenvalue weighted by molar-refractivity contribution is 0.589. The van der Waals surface area contributed by atoms with E-state index in [1.165, 1.54) is 29.5 Å². The number of nitrogens with zero attached hydrogens (tertiary/aromatic N) is 1. The zero-order valence-corrected chi connectivity index (χ0v) is 10.7. The fourth-order valence-electron chi connectivity index (χ4n) is 1.75. The van der Waals surface area contributed by atoms with Gasteiger partial charge in [0, 0.05) is 4.88 Å². The van der Waals surface area contributed by atoms with Gasteiger partial charge in [-0.15, -0.1) is 11.3 Å². The second kappa shape index (κ2) is 4.53. The maximum atomic E-state index is 13.6. The first-order valence-corrected chi connectivity index (χ1v) is 6.24. The molecule has 0 radical (unpaired) electrons. The lowest BCUT2D eigenvalue weighted by Crippen LogP contribution is -1.92. The van der Waals surface area contributed by atoms with Crippen LogP contribution in [0.3, 0.4) is 0 Å². The Bertz CT molecular complexity index is 526. The monoisotopic (exact) mass is 253 g/mol. The van der Waals surface area contributed by atoms with Crippen LogP contribution in [0.1, 0.15) is 30.3 Å². The van der Waals surface area contributed by atoms with E-state index in [-0.39, 0.29) is 11.5 Å². The quantitative estimate of drug-likeness (QED) is 0.766. The Morgan fingerprint density at radius 2 is 1.76 bits per heavy atom. The molecular weight excluding hydrogens is 240 g/mol. The number of rotatable bonds is 2. The van der Waals surface area contributed by atoms with E-state index in [9.17, 15) is 8.78 Å². The summed E-state index contributed by atoms with van der Waals surface area (Å²) in [5.74, 6) is -0.863. The molecule has 0 N–H and O–H groups in total. The van der Waals surface area contributed by atoms with E-state index in [0.717, 1.165) is 10.6 Å². The molecule has 1 aromatic heterocycles. The van der Waals surface area contributed by atoms with Crippen molar-refractivity contribution in [2.24, 2.45) is 0 Å². The highest BCUT2D eigenvalue weighted by atomic mass is 32.1. The molecule has 0 unspecified atom stereocenters. The number of halogens is 2. The molecule has 0 atom stereocenters. The van der Waals surface area contributed by atoms with Crippen LogP contribution in [0.5, 0.6) is 0 Å². The fourth-order valence-corrected chi connectivity index (χ4v) is 2.87. The smallest absolute Gasteiger partial charge is 0.136 e. The highest BCUT2D eigenvalue weighted by Crippen LogP contribution is 2.33. The van der Waals surface area contributed by atoms with Gasteiger partial charge in [0.25, 0.3) is 0 Å². The molecule has 2 aromatic rings. The SMILES string of the molecule is Cc1sc(-c2c(F)cccc2F)nc1C(C)C. The van der Waals surface area contributed by atoms with Crippen molar-refractivity contribution in [1.29, 1.82) is 0 Å². The number of hydrogen-bond acceptors (Lipinski definition) is 2. The highest BCUT2D eigenvalue weighted by Gasteiger charge is 2.17. The summed E-state index contributed by atoms with van der Waals surface area (Å²) >= 11 is 1.33. The molecule has 2 rings (SSSR count). The van der Waals surface area contributed by atoms with Crippen LogP contribution in [0.4, 0.5) is 8.78 Å². The van der Waals surface area contributed by atoms with Gasteiger partial charge in [0.1, 0.15) is 16.6 Å². The number of aromatic nitrogens is 1. The van der Waals surface area contributed by atoms with Gasteiger partial charge in [-0.3, -0.25) is 0 Å². The van der Waals surface area contributed by atoms with Crippen molar-refractivity contribution < 1.29 is 8.78 Å². The fraction of sp³-hybridized carbons (Fsp3) is 0.308. The van der Waals surface area contributed by atoms with E-state index in [4.69, 9.17) is 0 Å². The summed E-state index contributed by atoms with van der Waals surface area (Å²) in [6.07, 6.45) is 0. The van der Waals surface area contributed by atoms with Crippen LogP contribution in [-0.4, -0.2) is 4.98 Å². The minimum absolute atomic E-state index is 0.0208. The Morgan fingerprint density at radius 3 is 2.24 bits per heavy atom. The van der Waals surface area contributed by atoms with Crippen LogP contribution in [-0.2, 0) is 0 Å². The van der Waals surface area contributed by atoms with Crippen molar-refractivity contribution in [1.82, 2.24) is 4.98 Å². The molecule has 0 amide bonds. The molecular formula is C13H13F2NS. The van der Waals surface area contributed by atoms with Crippen LogP contribution in [0.15, 0.2) is 18.2 Å². The number of thiazole rings is 1. The van der Waals surface area contributed by atoms with E-state index in [1.54, 1.807) is 0 Å². The Hall–Kier alpha value is -1.29. The lowest BCUT2D eigenvalue weighted by atomic mass is 10.1. The van der Waals surface area contributed by atoms with E-state index in [0.29, 0.717) is 5.01 Å². The van der Waals surface area contributed by atoms with E-state index >= 15 is 0 Å². The molecule has 4 heteroatoms. The van der Waals surface area contributed by atoms with Gasteiger partial charge in [-0.05, 0) is 25.0 Å². The van der Waals surface area contributed by atoms with Gasteiger partial charge in [-0.1, -0.05) is 19.9 Å². The van der Waals surface area contributed by atoms with Crippen molar-refractivity contribution in [3.05, 3.63) is 40.4 Å². The minimum Gasteiger partial charge on any atom is -0.240 e. The number of aryl methyl sites for hydroxylation is 1. The molecule has 90 valence electrons. The van der Waals surface area contributed by atoms with Gasteiger partial charge in [-0.25, -0.2) is 13.8 Å². The van der Waals surface area contributed by atoms with E-state index in [1.807, 2.05) is 20.8 Å². The van der Waals surface area contributed by atoms with Crippen molar-refractivity contribution in [2.45, 2.75) is 26.7 Å². The molecule has 0 bridgehead atoms. The number of benzene rings is 1. The zero-order chi connectivity index (χ0) is 12.6. The molecule has 0 saturated heterocycles. The van der Waals surface area contributed by atoms with Gasteiger partial charge < -0.3 is 0 Å². The van der Waals surface area contributed by atoms with Gasteiger partial charge in [-0.2, -0.15) is 0 Å². The van der Waals surface area contributed by atoms with Crippen LogP contribution >= 0.6 is 11.3 Å². The summed E-state index contributed by atoms with van der Waals surface area (Å²) in [4.78, 5) is 5.35. The second-order valence-corrected chi connectivity index (χ2v) is 5.41.